The van der Waals surface area contributed by atoms with Crippen molar-refractivity contribution < 1.29 is 9.53 Å². The number of rotatable bonds is 7. The molecule has 1 saturated heterocycles. The number of piperidine rings is 1. The lowest BCUT2D eigenvalue weighted by Gasteiger charge is -2.37. The largest absolute Gasteiger partial charge is 0.384 e. The van der Waals surface area contributed by atoms with Gasteiger partial charge in [0, 0.05) is 25.6 Å². The van der Waals surface area contributed by atoms with Gasteiger partial charge in [-0.2, -0.15) is 0 Å². The molecule has 2 aromatic rings. The summed E-state index contributed by atoms with van der Waals surface area (Å²) in [6.45, 7) is 5.62. The third-order valence-electron chi connectivity index (χ3n) is 5.32. The van der Waals surface area contributed by atoms with Crippen molar-refractivity contribution in [3.8, 4) is 0 Å². The highest BCUT2D eigenvalue weighted by molar-refractivity contribution is 5.80. The molecule has 1 fully saturated rings. The van der Waals surface area contributed by atoms with Crippen LogP contribution in [0.5, 0.6) is 0 Å². The summed E-state index contributed by atoms with van der Waals surface area (Å²) in [7, 11) is 1.70. The minimum absolute atomic E-state index is 0.0297. The van der Waals surface area contributed by atoms with Crippen molar-refractivity contribution in [1.29, 1.82) is 0 Å². The van der Waals surface area contributed by atoms with Gasteiger partial charge >= 0.3 is 5.69 Å². The van der Waals surface area contributed by atoms with E-state index < -0.39 is 0 Å². The molecule has 1 aromatic carbocycles. The topological polar surface area (TPSA) is 77.3 Å². The zero-order chi connectivity index (χ0) is 18.6. The van der Waals surface area contributed by atoms with Gasteiger partial charge in [-0.1, -0.05) is 12.1 Å². The molecule has 2 N–H and O–H groups in total. The van der Waals surface area contributed by atoms with Crippen LogP contribution >= 0.6 is 0 Å². The monoisotopic (exact) mass is 360 g/mol. The molecule has 26 heavy (non-hydrogen) atoms. The minimum Gasteiger partial charge on any atom is -0.384 e. The Kier molecular flexibility index (Phi) is 5.78. The van der Waals surface area contributed by atoms with Crippen LogP contribution in [-0.2, 0) is 22.6 Å². The zero-order valence-corrected chi connectivity index (χ0v) is 15.6. The van der Waals surface area contributed by atoms with Crippen LogP contribution < -0.4 is 16.3 Å². The Morgan fingerprint density at radius 1 is 1.23 bits per heavy atom. The van der Waals surface area contributed by atoms with Gasteiger partial charge in [0.15, 0.2) is 0 Å². The standard InChI is InChI=1S/C19H28N4O3/c1-3-22-15-6-4-5-7-16(15)23(18(22)25)12-17(24)21-13-19(14-26-2)8-10-20-11-9-19/h4-7,20H,3,8-14H2,1-2H3,(H,21,24). The predicted molar refractivity (Wildman–Crippen MR) is 101 cm³/mol. The van der Waals surface area contributed by atoms with Crippen LogP contribution in [0.25, 0.3) is 11.0 Å². The Balaban J connectivity index is 1.73. The van der Waals surface area contributed by atoms with E-state index in [9.17, 15) is 9.59 Å². The van der Waals surface area contributed by atoms with Crippen LogP contribution in [-0.4, -0.2) is 48.4 Å². The quantitative estimate of drug-likeness (QED) is 0.771. The first-order valence-corrected chi connectivity index (χ1v) is 9.24. The van der Waals surface area contributed by atoms with Crippen molar-refractivity contribution in [3.63, 3.8) is 0 Å². The van der Waals surface area contributed by atoms with E-state index in [0.29, 0.717) is 19.7 Å². The van der Waals surface area contributed by atoms with Crippen LogP contribution in [0, 0.1) is 5.41 Å². The smallest absolute Gasteiger partial charge is 0.329 e. The summed E-state index contributed by atoms with van der Waals surface area (Å²) in [5.41, 5.74) is 1.49. The second-order valence-corrected chi connectivity index (χ2v) is 7.06. The van der Waals surface area contributed by atoms with Gasteiger partial charge in [-0.25, -0.2) is 4.79 Å². The number of benzene rings is 1. The molecule has 0 unspecified atom stereocenters. The Hall–Kier alpha value is -2.12. The zero-order valence-electron chi connectivity index (χ0n) is 15.6. The minimum atomic E-state index is -0.141. The number of amides is 1. The number of aromatic nitrogens is 2. The molecular weight excluding hydrogens is 332 g/mol. The maximum absolute atomic E-state index is 12.6. The summed E-state index contributed by atoms with van der Waals surface area (Å²) < 4.78 is 8.64. The van der Waals surface area contributed by atoms with E-state index in [1.54, 1.807) is 16.2 Å². The molecule has 0 bridgehead atoms. The molecule has 7 heteroatoms. The van der Waals surface area contributed by atoms with E-state index in [0.717, 1.165) is 37.0 Å². The van der Waals surface area contributed by atoms with Gasteiger partial charge in [0.05, 0.1) is 17.6 Å². The van der Waals surface area contributed by atoms with Crippen LogP contribution in [0.4, 0.5) is 0 Å². The number of ether oxygens (including phenoxy) is 1. The van der Waals surface area contributed by atoms with Crippen molar-refractivity contribution in [2.75, 3.05) is 33.4 Å². The van der Waals surface area contributed by atoms with E-state index >= 15 is 0 Å². The number of hydrogen-bond donors (Lipinski definition) is 2. The van der Waals surface area contributed by atoms with Gasteiger partial charge < -0.3 is 15.4 Å². The number of aryl methyl sites for hydroxylation is 1. The highest BCUT2D eigenvalue weighted by Crippen LogP contribution is 2.28. The third kappa shape index (κ3) is 3.68. The van der Waals surface area contributed by atoms with Crippen LogP contribution in [0.2, 0.25) is 0 Å². The highest BCUT2D eigenvalue weighted by Gasteiger charge is 2.32. The average Bonchev–Trinajstić information content (AvgIpc) is 2.92. The molecule has 1 aromatic heterocycles. The number of nitrogens with one attached hydrogen (secondary N) is 2. The van der Waals surface area contributed by atoms with Gasteiger partial charge in [-0.15, -0.1) is 0 Å². The predicted octanol–water partition coefficient (Wildman–Crippen LogP) is 0.955. The number of hydrogen-bond acceptors (Lipinski definition) is 4. The number of imidazole rings is 1. The maximum Gasteiger partial charge on any atom is 0.329 e. The highest BCUT2D eigenvalue weighted by atomic mass is 16.5. The fourth-order valence-corrected chi connectivity index (χ4v) is 3.85. The molecular formula is C19H28N4O3. The van der Waals surface area contributed by atoms with E-state index in [2.05, 4.69) is 10.6 Å². The van der Waals surface area contributed by atoms with Gasteiger partial charge in [0.25, 0.3) is 0 Å². The van der Waals surface area contributed by atoms with Crippen LogP contribution in [0.15, 0.2) is 29.1 Å². The third-order valence-corrected chi connectivity index (χ3v) is 5.32. The summed E-state index contributed by atoms with van der Waals surface area (Å²) in [5.74, 6) is -0.139. The van der Waals surface area contributed by atoms with Crippen LogP contribution in [0.3, 0.4) is 0 Å². The van der Waals surface area contributed by atoms with E-state index in [1.807, 2.05) is 31.2 Å². The molecule has 0 saturated carbocycles. The summed E-state index contributed by atoms with van der Waals surface area (Å²) in [5, 5.41) is 6.38. The number of carbonyl (C=O) groups is 1. The van der Waals surface area contributed by atoms with Gasteiger partial charge in [0.1, 0.15) is 6.54 Å². The van der Waals surface area contributed by atoms with E-state index in [1.165, 1.54) is 0 Å². The summed E-state index contributed by atoms with van der Waals surface area (Å²) in [6, 6.07) is 7.59. The van der Waals surface area contributed by atoms with Gasteiger partial charge in [-0.3, -0.25) is 13.9 Å². The molecule has 1 aliphatic rings. The van der Waals surface area contributed by atoms with Crippen molar-refractivity contribution >= 4 is 16.9 Å². The molecule has 0 atom stereocenters. The van der Waals surface area contributed by atoms with E-state index in [-0.39, 0.29) is 23.6 Å². The molecule has 0 radical (unpaired) electrons. The first-order valence-electron chi connectivity index (χ1n) is 9.24. The number of methoxy groups -OCH3 is 1. The normalized spacial score (nSPS) is 16.7. The molecule has 0 aliphatic carbocycles. The lowest BCUT2D eigenvalue weighted by atomic mass is 9.79. The molecule has 2 heterocycles. The fourth-order valence-electron chi connectivity index (χ4n) is 3.85. The van der Waals surface area contributed by atoms with E-state index in [4.69, 9.17) is 4.74 Å². The lowest BCUT2D eigenvalue weighted by molar-refractivity contribution is -0.122. The Morgan fingerprint density at radius 3 is 2.50 bits per heavy atom. The molecule has 0 spiro atoms. The number of para-hydroxylation sites is 2. The number of nitrogens with zero attached hydrogens (tertiary/aromatic N) is 2. The molecule has 142 valence electrons. The molecule has 1 aliphatic heterocycles. The SMILES string of the molecule is CCn1c(=O)n(CC(=O)NCC2(COC)CCNCC2)c2ccccc21. The van der Waals surface area contributed by atoms with Crippen molar-refractivity contribution in [3.05, 3.63) is 34.7 Å². The summed E-state index contributed by atoms with van der Waals surface area (Å²) >= 11 is 0. The van der Waals surface area contributed by atoms with Crippen LogP contribution in [0.1, 0.15) is 19.8 Å². The van der Waals surface area contributed by atoms with Crippen molar-refractivity contribution in [1.82, 2.24) is 19.8 Å². The van der Waals surface area contributed by atoms with Gasteiger partial charge in [0.2, 0.25) is 5.91 Å². The fraction of sp³-hybridized carbons (Fsp3) is 0.579. The second-order valence-electron chi connectivity index (χ2n) is 7.06. The molecule has 7 nitrogen and oxygen atoms in total. The summed E-state index contributed by atoms with van der Waals surface area (Å²) in [4.78, 5) is 25.2. The van der Waals surface area contributed by atoms with Crippen molar-refractivity contribution in [2.24, 2.45) is 5.41 Å². The number of carbonyl (C=O) groups excluding carboxylic acids is 1. The first kappa shape index (κ1) is 18.7. The molecule has 1 amide bonds. The Labute approximate surface area is 153 Å². The maximum atomic E-state index is 12.6. The Bertz CT molecular complexity index is 812. The van der Waals surface area contributed by atoms with Crippen molar-refractivity contribution in [2.45, 2.75) is 32.9 Å². The average molecular weight is 360 g/mol. The summed E-state index contributed by atoms with van der Waals surface area (Å²) in [6.07, 6.45) is 1.94. The first-order chi connectivity index (χ1) is 12.6. The van der Waals surface area contributed by atoms with Gasteiger partial charge in [-0.05, 0) is 45.0 Å². The molecule has 3 rings (SSSR count). The Morgan fingerprint density at radius 2 is 1.88 bits per heavy atom. The second kappa shape index (κ2) is 8.05. The lowest BCUT2D eigenvalue weighted by Crippen LogP contribution is -2.48. The number of fused-ring (bicyclic) bond motifs is 1.